The van der Waals surface area contributed by atoms with E-state index < -0.39 is 4.92 Å². The summed E-state index contributed by atoms with van der Waals surface area (Å²) in [5.41, 5.74) is 0.565. The molecule has 2 rings (SSSR count). The van der Waals surface area contributed by atoms with Crippen LogP contribution in [0.1, 0.15) is 29.8 Å². The lowest BCUT2D eigenvalue weighted by molar-refractivity contribution is -0.385. The number of nitrogens with zero attached hydrogens (tertiary/aromatic N) is 3. The summed E-state index contributed by atoms with van der Waals surface area (Å²) < 4.78 is 1.70. The minimum atomic E-state index is -0.491. The monoisotopic (exact) mass is 302 g/mol. The fourth-order valence-electron chi connectivity index (χ4n) is 2.18. The molecule has 0 aliphatic heterocycles. The van der Waals surface area contributed by atoms with Crippen molar-refractivity contribution in [2.24, 2.45) is 5.92 Å². The van der Waals surface area contributed by atoms with E-state index in [4.69, 9.17) is 0 Å². The Kier molecular flexibility index (Phi) is 4.55. The normalized spacial score (nSPS) is 10.7. The highest BCUT2D eigenvalue weighted by Crippen LogP contribution is 2.22. The minimum absolute atomic E-state index is 0.0664. The fraction of sp³-hybridized carbons (Fsp3) is 0.333. The Labute approximate surface area is 128 Å². The van der Waals surface area contributed by atoms with Crippen LogP contribution in [0.15, 0.2) is 30.5 Å². The maximum atomic E-state index is 12.4. The smallest absolute Gasteiger partial charge is 0.273 e. The number of nitro benzene ring substituents is 1. The first kappa shape index (κ1) is 15.7. The summed E-state index contributed by atoms with van der Waals surface area (Å²) in [6.45, 7) is 6.35. The first-order valence-electron chi connectivity index (χ1n) is 6.97. The van der Waals surface area contributed by atoms with Crippen molar-refractivity contribution in [3.8, 4) is 0 Å². The maximum Gasteiger partial charge on any atom is 0.273 e. The first-order valence-corrected chi connectivity index (χ1v) is 6.97. The van der Waals surface area contributed by atoms with Gasteiger partial charge in [-0.1, -0.05) is 19.9 Å². The molecule has 1 heterocycles. The molecule has 7 nitrogen and oxygen atoms in total. The zero-order chi connectivity index (χ0) is 16.3. The molecule has 0 aliphatic rings. The third-order valence-electron chi connectivity index (χ3n) is 3.24. The minimum Gasteiger partial charge on any atom is -0.307 e. The molecular formula is C15H18N4O3. The van der Waals surface area contributed by atoms with Gasteiger partial charge in [0, 0.05) is 29.8 Å². The molecule has 1 aromatic carbocycles. The van der Waals surface area contributed by atoms with Gasteiger partial charge in [-0.05, 0) is 18.9 Å². The predicted molar refractivity (Wildman–Crippen MR) is 82.9 cm³/mol. The number of nitro groups is 1. The molecule has 22 heavy (non-hydrogen) atoms. The van der Waals surface area contributed by atoms with Gasteiger partial charge in [-0.3, -0.25) is 14.9 Å². The maximum absolute atomic E-state index is 12.4. The van der Waals surface area contributed by atoms with E-state index >= 15 is 0 Å². The van der Waals surface area contributed by atoms with Crippen molar-refractivity contribution in [2.45, 2.75) is 27.3 Å². The lowest BCUT2D eigenvalue weighted by Gasteiger charge is -2.11. The number of nitrogens with one attached hydrogen (secondary N) is 1. The van der Waals surface area contributed by atoms with Gasteiger partial charge in [0.2, 0.25) is 0 Å². The summed E-state index contributed by atoms with van der Waals surface area (Å²) in [4.78, 5) is 22.8. The van der Waals surface area contributed by atoms with Crippen LogP contribution in [0, 0.1) is 23.0 Å². The zero-order valence-electron chi connectivity index (χ0n) is 12.7. The number of amides is 1. The second-order valence-corrected chi connectivity index (χ2v) is 5.45. The standard InChI is InChI=1S/C15H18N4O3/c1-10(2)9-18-14(7-8-16-18)17-15(20)12-5-4-6-13(11(12)3)19(21)22/h4-8,10H,9H2,1-3H3,(H,17,20). The Morgan fingerprint density at radius 3 is 2.77 bits per heavy atom. The number of hydrogen-bond acceptors (Lipinski definition) is 4. The molecule has 116 valence electrons. The Bertz CT molecular complexity index is 707. The highest BCUT2D eigenvalue weighted by Gasteiger charge is 2.19. The van der Waals surface area contributed by atoms with Crippen molar-refractivity contribution >= 4 is 17.4 Å². The lowest BCUT2D eigenvalue weighted by Crippen LogP contribution is -2.18. The highest BCUT2D eigenvalue weighted by atomic mass is 16.6. The van der Waals surface area contributed by atoms with Crippen LogP contribution in [0.3, 0.4) is 0 Å². The van der Waals surface area contributed by atoms with Gasteiger partial charge in [0.25, 0.3) is 11.6 Å². The van der Waals surface area contributed by atoms with E-state index in [1.807, 2.05) is 0 Å². The van der Waals surface area contributed by atoms with Gasteiger partial charge in [-0.15, -0.1) is 0 Å². The Morgan fingerprint density at radius 2 is 2.14 bits per heavy atom. The molecule has 2 aromatic rings. The SMILES string of the molecule is Cc1c(C(=O)Nc2ccnn2CC(C)C)cccc1[N+](=O)[O-]. The van der Waals surface area contributed by atoms with E-state index in [2.05, 4.69) is 24.3 Å². The number of rotatable bonds is 5. The molecule has 0 radical (unpaired) electrons. The summed E-state index contributed by atoms with van der Waals surface area (Å²) in [6.07, 6.45) is 1.61. The lowest BCUT2D eigenvalue weighted by atomic mass is 10.1. The van der Waals surface area contributed by atoms with Crippen LogP contribution >= 0.6 is 0 Å². The van der Waals surface area contributed by atoms with Gasteiger partial charge in [-0.25, -0.2) is 4.68 Å². The molecule has 0 saturated heterocycles. The van der Waals surface area contributed by atoms with Crippen LogP contribution in [0.25, 0.3) is 0 Å². The van der Waals surface area contributed by atoms with Crippen molar-refractivity contribution in [2.75, 3.05) is 5.32 Å². The van der Waals surface area contributed by atoms with Crippen LogP contribution in [0.4, 0.5) is 11.5 Å². The van der Waals surface area contributed by atoms with E-state index in [-0.39, 0.29) is 17.2 Å². The van der Waals surface area contributed by atoms with Gasteiger partial charge in [-0.2, -0.15) is 5.10 Å². The van der Waals surface area contributed by atoms with Crippen LogP contribution in [-0.2, 0) is 6.54 Å². The van der Waals surface area contributed by atoms with E-state index in [0.29, 0.717) is 23.8 Å². The molecule has 1 amide bonds. The van der Waals surface area contributed by atoms with Gasteiger partial charge in [0.05, 0.1) is 11.1 Å². The molecule has 1 N–H and O–H groups in total. The molecule has 0 atom stereocenters. The van der Waals surface area contributed by atoms with E-state index in [0.717, 1.165) is 0 Å². The van der Waals surface area contributed by atoms with Crippen LogP contribution in [0.5, 0.6) is 0 Å². The average Bonchev–Trinajstić information content (AvgIpc) is 2.84. The van der Waals surface area contributed by atoms with E-state index in [1.165, 1.54) is 12.1 Å². The molecular weight excluding hydrogens is 284 g/mol. The molecule has 1 aromatic heterocycles. The quantitative estimate of drug-likeness (QED) is 0.679. The summed E-state index contributed by atoms with van der Waals surface area (Å²) in [5.74, 6) is 0.575. The summed E-state index contributed by atoms with van der Waals surface area (Å²) in [5, 5.41) is 17.9. The molecule has 0 saturated carbocycles. The molecule has 0 bridgehead atoms. The largest absolute Gasteiger partial charge is 0.307 e. The fourth-order valence-corrected chi connectivity index (χ4v) is 2.18. The molecule has 0 spiro atoms. The van der Waals surface area contributed by atoms with Crippen molar-refractivity contribution in [1.29, 1.82) is 0 Å². The Hall–Kier alpha value is -2.70. The number of aromatic nitrogens is 2. The number of carbonyl (C=O) groups is 1. The molecule has 0 aliphatic carbocycles. The topological polar surface area (TPSA) is 90.1 Å². The van der Waals surface area contributed by atoms with Gasteiger partial charge in [0.15, 0.2) is 0 Å². The van der Waals surface area contributed by atoms with Crippen molar-refractivity contribution in [1.82, 2.24) is 9.78 Å². The summed E-state index contributed by atoms with van der Waals surface area (Å²) >= 11 is 0. The second-order valence-electron chi connectivity index (χ2n) is 5.45. The second kappa shape index (κ2) is 6.38. The predicted octanol–water partition coefficient (Wildman–Crippen LogP) is 3.01. The van der Waals surface area contributed by atoms with E-state index in [1.54, 1.807) is 29.9 Å². The van der Waals surface area contributed by atoms with Crippen LogP contribution in [-0.4, -0.2) is 20.6 Å². The number of hydrogen-bond donors (Lipinski definition) is 1. The van der Waals surface area contributed by atoms with Gasteiger partial charge in [0.1, 0.15) is 5.82 Å². The van der Waals surface area contributed by atoms with Crippen molar-refractivity contribution < 1.29 is 9.72 Å². The third kappa shape index (κ3) is 3.30. The molecule has 0 unspecified atom stereocenters. The number of benzene rings is 1. The van der Waals surface area contributed by atoms with E-state index in [9.17, 15) is 14.9 Å². The summed E-state index contributed by atoms with van der Waals surface area (Å²) in [6, 6.07) is 6.16. The first-order chi connectivity index (χ1) is 10.4. The Morgan fingerprint density at radius 1 is 1.41 bits per heavy atom. The average molecular weight is 302 g/mol. The highest BCUT2D eigenvalue weighted by molar-refractivity contribution is 6.05. The molecule has 7 heteroatoms. The van der Waals surface area contributed by atoms with Gasteiger partial charge >= 0.3 is 0 Å². The van der Waals surface area contributed by atoms with Crippen molar-refractivity contribution in [3.05, 3.63) is 51.7 Å². The molecule has 0 fully saturated rings. The Balaban J connectivity index is 2.25. The number of carbonyl (C=O) groups excluding carboxylic acids is 1. The van der Waals surface area contributed by atoms with Crippen LogP contribution < -0.4 is 5.32 Å². The zero-order valence-corrected chi connectivity index (χ0v) is 12.7. The van der Waals surface area contributed by atoms with Gasteiger partial charge < -0.3 is 5.32 Å². The summed E-state index contributed by atoms with van der Waals surface area (Å²) in [7, 11) is 0. The third-order valence-corrected chi connectivity index (χ3v) is 3.24. The van der Waals surface area contributed by atoms with Crippen LogP contribution in [0.2, 0.25) is 0 Å². The number of anilines is 1. The van der Waals surface area contributed by atoms with Crippen molar-refractivity contribution in [3.63, 3.8) is 0 Å².